The molecule has 0 aromatic heterocycles. The van der Waals surface area contributed by atoms with E-state index < -0.39 is 5.60 Å². The molecule has 2 nitrogen and oxygen atoms in total. The SMILES string of the molecule is CCCCCCCCCCNCC(C)(O)CSC. The van der Waals surface area contributed by atoms with Crippen molar-refractivity contribution in [2.45, 2.75) is 70.8 Å². The molecule has 0 amide bonds. The van der Waals surface area contributed by atoms with E-state index in [2.05, 4.69) is 12.2 Å². The lowest BCUT2D eigenvalue weighted by Crippen LogP contribution is -2.40. The summed E-state index contributed by atoms with van der Waals surface area (Å²) in [6.07, 6.45) is 12.9. The van der Waals surface area contributed by atoms with Gasteiger partial charge in [-0.2, -0.15) is 11.8 Å². The van der Waals surface area contributed by atoms with Crippen molar-refractivity contribution in [2.24, 2.45) is 0 Å². The van der Waals surface area contributed by atoms with Crippen molar-refractivity contribution in [3.63, 3.8) is 0 Å². The van der Waals surface area contributed by atoms with Crippen LogP contribution in [0.2, 0.25) is 0 Å². The summed E-state index contributed by atoms with van der Waals surface area (Å²) < 4.78 is 0. The van der Waals surface area contributed by atoms with E-state index in [1.807, 2.05) is 13.2 Å². The molecular formula is C15H33NOS. The molecule has 18 heavy (non-hydrogen) atoms. The quantitative estimate of drug-likeness (QED) is 0.501. The van der Waals surface area contributed by atoms with Crippen LogP contribution in [0.4, 0.5) is 0 Å². The molecule has 0 aliphatic rings. The van der Waals surface area contributed by atoms with Gasteiger partial charge in [0.1, 0.15) is 0 Å². The Labute approximate surface area is 118 Å². The van der Waals surface area contributed by atoms with Crippen molar-refractivity contribution in [2.75, 3.05) is 25.1 Å². The summed E-state index contributed by atoms with van der Waals surface area (Å²) in [6.45, 7) is 5.92. The van der Waals surface area contributed by atoms with Gasteiger partial charge in [0.15, 0.2) is 0 Å². The van der Waals surface area contributed by atoms with Gasteiger partial charge in [-0.05, 0) is 26.1 Å². The molecule has 3 heteroatoms. The summed E-state index contributed by atoms with van der Waals surface area (Å²) in [5.74, 6) is 0.803. The van der Waals surface area contributed by atoms with Gasteiger partial charge in [-0.25, -0.2) is 0 Å². The normalized spacial score (nSPS) is 14.7. The summed E-state index contributed by atoms with van der Waals surface area (Å²) >= 11 is 1.70. The van der Waals surface area contributed by atoms with Gasteiger partial charge in [0.25, 0.3) is 0 Å². The standard InChI is InChI=1S/C15H33NOS/c1-4-5-6-7-8-9-10-11-12-16-13-15(2,17)14-18-3/h16-17H,4-14H2,1-3H3. The van der Waals surface area contributed by atoms with E-state index in [0.717, 1.165) is 12.3 Å². The third kappa shape index (κ3) is 12.7. The minimum atomic E-state index is -0.556. The Bertz CT molecular complexity index is 174. The highest BCUT2D eigenvalue weighted by molar-refractivity contribution is 7.98. The number of hydrogen-bond acceptors (Lipinski definition) is 3. The summed E-state index contributed by atoms with van der Waals surface area (Å²) in [5.41, 5.74) is -0.556. The van der Waals surface area contributed by atoms with Crippen LogP contribution in [0.25, 0.3) is 0 Å². The molecule has 0 heterocycles. The molecule has 0 aromatic carbocycles. The maximum atomic E-state index is 9.95. The molecule has 0 aliphatic carbocycles. The fourth-order valence-corrected chi connectivity index (χ4v) is 2.83. The first-order valence-corrected chi connectivity index (χ1v) is 8.94. The minimum Gasteiger partial charge on any atom is -0.388 e. The van der Waals surface area contributed by atoms with Gasteiger partial charge in [0, 0.05) is 12.3 Å². The average Bonchev–Trinajstić information content (AvgIpc) is 2.31. The number of unbranched alkanes of at least 4 members (excludes halogenated alkanes) is 7. The van der Waals surface area contributed by atoms with Crippen LogP contribution in [0, 0.1) is 0 Å². The first-order chi connectivity index (χ1) is 8.62. The molecule has 0 aliphatic heterocycles. The van der Waals surface area contributed by atoms with Crippen LogP contribution in [0.5, 0.6) is 0 Å². The maximum Gasteiger partial charge on any atom is 0.0833 e. The lowest BCUT2D eigenvalue weighted by molar-refractivity contribution is 0.0850. The smallest absolute Gasteiger partial charge is 0.0833 e. The Balaban J connectivity index is 3.16. The second-order valence-corrected chi connectivity index (χ2v) is 6.45. The fraction of sp³-hybridized carbons (Fsp3) is 1.00. The Morgan fingerprint density at radius 3 is 2.11 bits per heavy atom. The summed E-state index contributed by atoms with van der Waals surface area (Å²) in [5, 5.41) is 13.3. The third-order valence-electron chi connectivity index (χ3n) is 3.17. The van der Waals surface area contributed by atoms with Crippen molar-refractivity contribution < 1.29 is 5.11 Å². The van der Waals surface area contributed by atoms with E-state index in [4.69, 9.17) is 0 Å². The van der Waals surface area contributed by atoms with E-state index in [1.165, 1.54) is 51.4 Å². The highest BCUT2D eigenvalue weighted by atomic mass is 32.2. The van der Waals surface area contributed by atoms with E-state index in [-0.39, 0.29) is 0 Å². The second-order valence-electron chi connectivity index (χ2n) is 5.58. The number of aliphatic hydroxyl groups is 1. The van der Waals surface area contributed by atoms with Gasteiger partial charge in [-0.15, -0.1) is 0 Å². The maximum absolute atomic E-state index is 9.95. The van der Waals surface area contributed by atoms with Gasteiger partial charge < -0.3 is 10.4 Å². The Kier molecular flexibility index (Phi) is 12.5. The zero-order valence-electron chi connectivity index (χ0n) is 12.6. The van der Waals surface area contributed by atoms with Crippen molar-refractivity contribution in [1.82, 2.24) is 5.32 Å². The van der Waals surface area contributed by atoms with E-state index in [0.29, 0.717) is 6.54 Å². The van der Waals surface area contributed by atoms with Crippen LogP contribution in [0.15, 0.2) is 0 Å². The highest BCUT2D eigenvalue weighted by Gasteiger charge is 2.18. The number of hydrogen-bond donors (Lipinski definition) is 2. The molecule has 0 saturated carbocycles. The van der Waals surface area contributed by atoms with E-state index in [1.54, 1.807) is 11.8 Å². The molecule has 0 bridgehead atoms. The summed E-state index contributed by atoms with van der Waals surface area (Å²) in [7, 11) is 0. The summed E-state index contributed by atoms with van der Waals surface area (Å²) in [6, 6.07) is 0. The Hall–Kier alpha value is 0.270. The van der Waals surface area contributed by atoms with E-state index in [9.17, 15) is 5.11 Å². The lowest BCUT2D eigenvalue weighted by atomic mass is 10.1. The topological polar surface area (TPSA) is 32.3 Å². The van der Waals surface area contributed by atoms with Gasteiger partial charge in [0.05, 0.1) is 5.60 Å². The van der Waals surface area contributed by atoms with Crippen LogP contribution >= 0.6 is 11.8 Å². The third-order valence-corrected chi connectivity index (χ3v) is 4.08. The fourth-order valence-electron chi connectivity index (χ4n) is 2.10. The molecule has 0 saturated heterocycles. The lowest BCUT2D eigenvalue weighted by Gasteiger charge is -2.22. The minimum absolute atomic E-state index is 0.556. The van der Waals surface area contributed by atoms with Crippen molar-refractivity contribution in [3.8, 4) is 0 Å². The largest absolute Gasteiger partial charge is 0.388 e. The van der Waals surface area contributed by atoms with Gasteiger partial charge >= 0.3 is 0 Å². The molecule has 0 aromatic rings. The summed E-state index contributed by atoms with van der Waals surface area (Å²) in [4.78, 5) is 0. The highest BCUT2D eigenvalue weighted by Crippen LogP contribution is 2.10. The molecular weight excluding hydrogens is 242 g/mol. The molecule has 2 N–H and O–H groups in total. The van der Waals surface area contributed by atoms with Gasteiger partial charge in [0.2, 0.25) is 0 Å². The van der Waals surface area contributed by atoms with Crippen molar-refractivity contribution in [3.05, 3.63) is 0 Å². The van der Waals surface area contributed by atoms with Crippen LogP contribution in [0.1, 0.15) is 65.2 Å². The number of rotatable bonds is 13. The van der Waals surface area contributed by atoms with Crippen molar-refractivity contribution >= 4 is 11.8 Å². The van der Waals surface area contributed by atoms with Crippen LogP contribution < -0.4 is 5.32 Å². The predicted octanol–water partition coefficient (Wildman–Crippen LogP) is 3.83. The zero-order valence-corrected chi connectivity index (χ0v) is 13.5. The van der Waals surface area contributed by atoms with E-state index >= 15 is 0 Å². The molecule has 0 fully saturated rings. The van der Waals surface area contributed by atoms with Gasteiger partial charge in [-0.1, -0.05) is 51.9 Å². The van der Waals surface area contributed by atoms with Crippen LogP contribution in [-0.4, -0.2) is 35.8 Å². The second kappa shape index (κ2) is 12.3. The molecule has 0 spiro atoms. The number of nitrogens with one attached hydrogen (secondary N) is 1. The van der Waals surface area contributed by atoms with Crippen molar-refractivity contribution in [1.29, 1.82) is 0 Å². The zero-order chi connectivity index (χ0) is 13.7. The first kappa shape index (κ1) is 18.3. The molecule has 0 rings (SSSR count). The average molecular weight is 276 g/mol. The molecule has 1 unspecified atom stereocenters. The Morgan fingerprint density at radius 1 is 1.00 bits per heavy atom. The van der Waals surface area contributed by atoms with Crippen LogP contribution in [0.3, 0.4) is 0 Å². The number of thioether (sulfide) groups is 1. The van der Waals surface area contributed by atoms with Gasteiger partial charge in [-0.3, -0.25) is 0 Å². The monoisotopic (exact) mass is 275 g/mol. The first-order valence-electron chi connectivity index (χ1n) is 7.54. The Morgan fingerprint density at radius 2 is 1.56 bits per heavy atom. The molecule has 110 valence electrons. The molecule has 0 radical (unpaired) electrons. The predicted molar refractivity (Wildman–Crippen MR) is 84.5 cm³/mol. The van der Waals surface area contributed by atoms with Crippen LogP contribution in [-0.2, 0) is 0 Å². The molecule has 1 atom stereocenters.